The molecule has 0 saturated heterocycles. The van der Waals surface area contributed by atoms with Crippen LogP contribution in [-0.4, -0.2) is 16.8 Å². The van der Waals surface area contributed by atoms with Crippen LogP contribution in [0.1, 0.15) is 24.0 Å². The van der Waals surface area contributed by atoms with E-state index >= 15 is 0 Å². The number of carbonyl (C=O) groups excluding carboxylic acids is 1. The highest BCUT2D eigenvalue weighted by Crippen LogP contribution is 2.36. The van der Waals surface area contributed by atoms with Gasteiger partial charge in [-0.2, -0.15) is 0 Å². The van der Waals surface area contributed by atoms with Crippen molar-refractivity contribution in [2.75, 3.05) is 11.1 Å². The predicted octanol–water partition coefficient (Wildman–Crippen LogP) is 5.83. The third-order valence-corrected chi connectivity index (χ3v) is 5.19. The standard InChI is InChI=1S/C18H19Cl2NO2S/c1-11-5-3-6-12(2)17(11)21-16(22)7-4-8-24-13-9-14(19)18(23)15(20)10-13/h3,5-6,9-10,23H,4,7-8H2,1-2H3,(H,21,22). The number of rotatable bonds is 6. The molecule has 0 radical (unpaired) electrons. The summed E-state index contributed by atoms with van der Waals surface area (Å²) in [6, 6.07) is 9.28. The molecule has 0 heterocycles. The van der Waals surface area contributed by atoms with Crippen LogP contribution in [-0.2, 0) is 4.79 Å². The lowest BCUT2D eigenvalue weighted by Crippen LogP contribution is -2.13. The first-order valence-electron chi connectivity index (χ1n) is 7.55. The van der Waals surface area contributed by atoms with Crippen LogP contribution in [0, 0.1) is 13.8 Å². The molecule has 0 bridgehead atoms. The molecule has 0 spiro atoms. The number of para-hydroxylation sites is 1. The van der Waals surface area contributed by atoms with Crippen LogP contribution < -0.4 is 5.32 Å². The van der Waals surface area contributed by atoms with E-state index in [1.165, 1.54) is 0 Å². The number of hydrogen-bond donors (Lipinski definition) is 2. The van der Waals surface area contributed by atoms with Gasteiger partial charge in [-0.15, -0.1) is 11.8 Å². The van der Waals surface area contributed by atoms with E-state index in [1.807, 2.05) is 32.0 Å². The fraction of sp³-hybridized carbons (Fsp3) is 0.278. The van der Waals surface area contributed by atoms with Crippen molar-refractivity contribution in [2.24, 2.45) is 0 Å². The Bertz CT molecular complexity index is 707. The molecular weight excluding hydrogens is 365 g/mol. The van der Waals surface area contributed by atoms with Crippen LogP contribution >= 0.6 is 35.0 Å². The van der Waals surface area contributed by atoms with Crippen molar-refractivity contribution in [3.63, 3.8) is 0 Å². The van der Waals surface area contributed by atoms with Gasteiger partial charge in [0.05, 0.1) is 10.0 Å². The lowest BCUT2D eigenvalue weighted by Gasteiger charge is -2.11. The number of hydrogen-bond acceptors (Lipinski definition) is 3. The molecular formula is C18H19Cl2NO2S. The molecule has 2 rings (SSSR count). The Balaban J connectivity index is 1.81. The van der Waals surface area contributed by atoms with E-state index in [4.69, 9.17) is 23.2 Å². The molecule has 3 nitrogen and oxygen atoms in total. The van der Waals surface area contributed by atoms with Crippen LogP contribution in [0.3, 0.4) is 0 Å². The predicted molar refractivity (Wildman–Crippen MR) is 103 cm³/mol. The largest absolute Gasteiger partial charge is 0.505 e. The second kappa shape index (κ2) is 8.65. The summed E-state index contributed by atoms with van der Waals surface area (Å²) >= 11 is 13.3. The second-order valence-corrected chi connectivity index (χ2v) is 7.49. The van der Waals surface area contributed by atoms with E-state index in [2.05, 4.69) is 5.32 Å². The topological polar surface area (TPSA) is 49.3 Å². The van der Waals surface area contributed by atoms with E-state index in [9.17, 15) is 9.90 Å². The highest BCUT2D eigenvalue weighted by Gasteiger charge is 2.09. The van der Waals surface area contributed by atoms with Crippen LogP contribution in [0.15, 0.2) is 35.2 Å². The average molecular weight is 384 g/mol. The van der Waals surface area contributed by atoms with Crippen molar-refractivity contribution in [3.8, 4) is 5.75 Å². The Labute approximate surface area is 156 Å². The van der Waals surface area contributed by atoms with E-state index in [0.29, 0.717) is 6.42 Å². The Morgan fingerprint density at radius 1 is 1.17 bits per heavy atom. The molecule has 6 heteroatoms. The molecule has 0 aliphatic rings. The summed E-state index contributed by atoms with van der Waals surface area (Å²) < 4.78 is 0. The number of amides is 1. The maximum atomic E-state index is 12.1. The van der Waals surface area contributed by atoms with Crippen LogP contribution in [0.4, 0.5) is 5.69 Å². The van der Waals surface area contributed by atoms with Crippen LogP contribution in [0.5, 0.6) is 5.75 Å². The van der Waals surface area contributed by atoms with Gasteiger partial charge >= 0.3 is 0 Å². The SMILES string of the molecule is Cc1cccc(C)c1NC(=O)CCCSc1cc(Cl)c(O)c(Cl)c1. The average Bonchev–Trinajstić information content (AvgIpc) is 2.53. The number of phenolic OH excluding ortho intramolecular Hbond substituents is 1. The number of aryl methyl sites for hydroxylation is 2. The normalized spacial score (nSPS) is 10.7. The van der Waals surface area contributed by atoms with Crippen LogP contribution in [0.2, 0.25) is 10.0 Å². The van der Waals surface area contributed by atoms with Gasteiger partial charge in [0.2, 0.25) is 5.91 Å². The number of benzene rings is 2. The summed E-state index contributed by atoms with van der Waals surface area (Å²) in [4.78, 5) is 13.0. The van der Waals surface area contributed by atoms with Crippen molar-refractivity contribution < 1.29 is 9.90 Å². The molecule has 0 fully saturated rings. The van der Waals surface area contributed by atoms with Crippen molar-refractivity contribution in [3.05, 3.63) is 51.5 Å². The Morgan fingerprint density at radius 2 is 1.75 bits per heavy atom. The smallest absolute Gasteiger partial charge is 0.224 e. The maximum absolute atomic E-state index is 12.1. The van der Waals surface area contributed by atoms with Gasteiger partial charge in [-0.05, 0) is 49.3 Å². The molecule has 1 amide bonds. The van der Waals surface area contributed by atoms with Crippen molar-refractivity contribution in [1.82, 2.24) is 0 Å². The molecule has 0 aliphatic heterocycles. The minimum absolute atomic E-state index is 0.00905. The first kappa shape index (κ1) is 19.0. The number of aromatic hydroxyl groups is 1. The molecule has 128 valence electrons. The zero-order valence-electron chi connectivity index (χ0n) is 13.5. The Morgan fingerprint density at radius 3 is 2.33 bits per heavy atom. The van der Waals surface area contributed by atoms with Gasteiger partial charge in [-0.25, -0.2) is 0 Å². The first-order valence-corrected chi connectivity index (χ1v) is 9.29. The number of thioether (sulfide) groups is 1. The van der Waals surface area contributed by atoms with Gasteiger partial charge in [0, 0.05) is 17.0 Å². The van der Waals surface area contributed by atoms with Gasteiger partial charge < -0.3 is 10.4 Å². The fourth-order valence-electron chi connectivity index (χ4n) is 2.26. The third-order valence-electron chi connectivity index (χ3n) is 3.55. The summed E-state index contributed by atoms with van der Waals surface area (Å²) in [5.74, 6) is 0.669. The van der Waals surface area contributed by atoms with Crippen LogP contribution in [0.25, 0.3) is 0 Å². The molecule has 24 heavy (non-hydrogen) atoms. The van der Waals surface area contributed by atoms with Gasteiger partial charge in [0.15, 0.2) is 5.75 Å². The minimum Gasteiger partial charge on any atom is -0.505 e. The molecule has 2 N–H and O–H groups in total. The van der Waals surface area contributed by atoms with E-state index in [-0.39, 0.29) is 21.7 Å². The second-order valence-electron chi connectivity index (χ2n) is 5.50. The number of nitrogens with one attached hydrogen (secondary N) is 1. The van der Waals surface area contributed by atoms with Crippen molar-refractivity contribution in [1.29, 1.82) is 0 Å². The number of anilines is 1. The molecule has 0 unspecified atom stereocenters. The maximum Gasteiger partial charge on any atom is 0.224 e. The summed E-state index contributed by atoms with van der Waals surface area (Å²) in [5.41, 5.74) is 3.02. The number of phenols is 1. The third kappa shape index (κ3) is 5.07. The van der Waals surface area contributed by atoms with Gasteiger partial charge in [0.25, 0.3) is 0 Å². The molecule has 0 saturated carbocycles. The van der Waals surface area contributed by atoms with Gasteiger partial charge in [-0.1, -0.05) is 41.4 Å². The monoisotopic (exact) mass is 383 g/mol. The minimum atomic E-state index is -0.101. The summed E-state index contributed by atoms with van der Waals surface area (Å²) in [7, 11) is 0. The molecule has 0 aliphatic carbocycles. The van der Waals surface area contributed by atoms with Crippen molar-refractivity contribution in [2.45, 2.75) is 31.6 Å². The summed E-state index contributed by atoms with van der Waals surface area (Å²) in [6.07, 6.45) is 1.18. The lowest BCUT2D eigenvalue weighted by atomic mass is 10.1. The number of halogens is 2. The Kier molecular flexibility index (Phi) is 6.84. The molecule has 2 aromatic rings. The van der Waals surface area contributed by atoms with E-state index in [1.54, 1.807) is 23.9 Å². The molecule has 2 aromatic carbocycles. The molecule has 0 atom stereocenters. The zero-order valence-corrected chi connectivity index (χ0v) is 15.9. The van der Waals surface area contributed by atoms with E-state index in [0.717, 1.165) is 33.9 Å². The summed E-state index contributed by atoms with van der Waals surface area (Å²) in [5, 5.41) is 13.0. The highest BCUT2D eigenvalue weighted by molar-refractivity contribution is 7.99. The Hall–Kier alpha value is -1.36. The van der Waals surface area contributed by atoms with Gasteiger partial charge in [0.1, 0.15) is 0 Å². The van der Waals surface area contributed by atoms with Gasteiger partial charge in [-0.3, -0.25) is 4.79 Å². The summed E-state index contributed by atoms with van der Waals surface area (Å²) in [6.45, 7) is 3.97. The van der Waals surface area contributed by atoms with Crippen molar-refractivity contribution >= 4 is 46.6 Å². The fourth-order valence-corrected chi connectivity index (χ4v) is 3.81. The number of carbonyl (C=O) groups is 1. The lowest BCUT2D eigenvalue weighted by molar-refractivity contribution is -0.116. The van der Waals surface area contributed by atoms with E-state index < -0.39 is 0 Å². The quantitative estimate of drug-likeness (QED) is 0.487. The molecule has 0 aromatic heterocycles. The zero-order chi connectivity index (χ0) is 17.7. The first-order chi connectivity index (χ1) is 11.4. The highest BCUT2D eigenvalue weighted by atomic mass is 35.5.